The van der Waals surface area contributed by atoms with Gasteiger partial charge in [0.25, 0.3) is 11.8 Å². The number of nitrogens with one attached hydrogen (secondary N) is 1. The first-order valence-electron chi connectivity index (χ1n) is 7.29. The summed E-state index contributed by atoms with van der Waals surface area (Å²) in [6.07, 6.45) is -0.0166. The van der Waals surface area contributed by atoms with E-state index in [4.69, 9.17) is 27.9 Å². The van der Waals surface area contributed by atoms with Crippen LogP contribution in [-0.4, -0.2) is 24.8 Å². The Morgan fingerprint density at radius 1 is 1.24 bits per heavy atom. The van der Waals surface area contributed by atoms with Crippen molar-refractivity contribution in [1.29, 1.82) is 0 Å². The smallest absolute Gasteiger partial charge is 0.260 e. The molecule has 0 bridgehead atoms. The number of methoxy groups -OCH3 is 1. The average Bonchev–Trinajstić information content (AvgIpc) is 2.95. The summed E-state index contributed by atoms with van der Waals surface area (Å²) in [6, 6.07) is 11.9. The monoisotopic (exact) mass is 377 g/mol. The number of rotatable bonds is 3. The van der Waals surface area contributed by atoms with Crippen molar-refractivity contribution >= 4 is 46.5 Å². The van der Waals surface area contributed by atoms with E-state index in [1.165, 1.54) is 24.3 Å². The molecular weight excluding hydrogens is 365 g/mol. The van der Waals surface area contributed by atoms with Crippen LogP contribution in [0.1, 0.15) is 16.8 Å². The molecule has 1 aliphatic rings. The maximum Gasteiger partial charge on any atom is 0.260 e. The molecule has 0 saturated heterocycles. The van der Waals surface area contributed by atoms with Gasteiger partial charge in [-0.3, -0.25) is 9.59 Å². The van der Waals surface area contributed by atoms with E-state index in [-0.39, 0.29) is 34.5 Å². The lowest BCUT2D eigenvalue weighted by atomic mass is 10.2. The molecule has 2 aromatic carbocycles. The van der Waals surface area contributed by atoms with Gasteiger partial charge in [-0.15, -0.1) is 0 Å². The lowest BCUT2D eigenvalue weighted by Crippen LogP contribution is -2.30. The molecule has 1 heterocycles. The first kappa shape index (κ1) is 17.3. The van der Waals surface area contributed by atoms with Gasteiger partial charge < -0.3 is 10.1 Å². The van der Waals surface area contributed by atoms with Gasteiger partial charge in [-0.05, 0) is 24.3 Å². The Morgan fingerprint density at radius 3 is 2.64 bits per heavy atom. The van der Waals surface area contributed by atoms with Gasteiger partial charge in [0.05, 0.1) is 29.8 Å². The van der Waals surface area contributed by atoms with Crippen LogP contribution in [0.4, 0.5) is 5.69 Å². The van der Waals surface area contributed by atoms with Gasteiger partial charge in [0, 0.05) is 5.02 Å². The standard InChI is InChI=1S/C17H13Cl2N3O3/c1-25-16-12(7-10(18)8-13(16)19)17(24)20-14-9-15(23)22(21-14)11-5-3-2-4-6-11/h2-8H,9H2,1H3,(H,20,21,24). The normalized spacial score (nSPS) is 13.6. The number of amides is 2. The molecule has 1 aliphatic heterocycles. The van der Waals surface area contributed by atoms with Crippen molar-refractivity contribution in [3.63, 3.8) is 0 Å². The first-order valence-corrected chi connectivity index (χ1v) is 8.05. The van der Waals surface area contributed by atoms with Crippen molar-refractivity contribution in [3.8, 4) is 5.75 Å². The quantitative estimate of drug-likeness (QED) is 0.889. The van der Waals surface area contributed by atoms with Crippen molar-refractivity contribution in [1.82, 2.24) is 5.32 Å². The second-order valence-electron chi connectivity index (χ2n) is 5.19. The minimum atomic E-state index is -0.511. The number of nitrogens with zero attached hydrogens (tertiary/aromatic N) is 2. The van der Waals surface area contributed by atoms with Crippen LogP contribution in [0.15, 0.2) is 47.6 Å². The summed E-state index contributed by atoms with van der Waals surface area (Å²) in [5.41, 5.74) is 0.786. The SMILES string of the molecule is COc1c(Cl)cc(Cl)cc1C(=O)NC1=NN(c2ccccc2)C(=O)C1. The van der Waals surface area contributed by atoms with Crippen LogP contribution < -0.4 is 15.1 Å². The second kappa shape index (κ2) is 7.13. The van der Waals surface area contributed by atoms with Crippen molar-refractivity contribution in [2.24, 2.45) is 5.10 Å². The molecule has 0 unspecified atom stereocenters. The molecule has 25 heavy (non-hydrogen) atoms. The highest BCUT2D eigenvalue weighted by molar-refractivity contribution is 6.36. The van der Waals surface area contributed by atoms with Gasteiger partial charge in [-0.25, -0.2) is 0 Å². The van der Waals surface area contributed by atoms with Crippen LogP contribution in [0.3, 0.4) is 0 Å². The molecule has 1 N–H and O–H groups in total. The minimum absolute atomic E-state index is 0.0166. The van der Waals surface area contributed by atoms with Crippen molar-refractivity contribution in [2.45, 2.75) is 6.42 Å². The molecule has 2 amide bonds. The molecule has 0 spiro atoms. The maximum absolute atomic E-state index is 12.5. The van der Waals surface area contributed by atoms with Crippen LogP contribution in [0.5, 0.6) is 5.75 Å². The largest absolute Gasteiger partial charge is 0.494 e. The van der Waals surface area contributed by atoms with Crippen LogP contribution in [-0.2, 0) is 4.79 Å². The molecule has 0 atom stereocenters. The summed E-state index contributed by atoms with van der Waals surface area (Å²) in [4.78, 5) is 24.6. The van der Waals surface area contributed by atoms with E-state index < -0.39 is 5.91 Å². The summed E-state index contributed by atoms with van der Waals surface area (Å²) < 4.78 is 5.16. The molecule has 0 radical (unpaired) electrons. The predicted octanol–water partition coefficient (Wildman–Crippen LogP) is 3.48. The van der Waals surface area contributed by atoms with Gasteiger partial charge in [0.15, 0.2) is 0 Å². The second-order valence-corrected chi connectivity index (χ2v) is 6.03. The zero-order chi connectivity index (χ0) is 18.0. The third kappa shape index (κ3) is 3.60. The van der Waals surface area contributed by atoms with E-state index >= 15 is 0 Å². The van der Waals surface area contributed by atoms with Crippen LogP contribution >= 0.6 is 23.2 Å². The number of carbonyl (C=O) groups is 2. The molecule has 128 valence electrons. The van der Waals surface area contributed by atoms with E-state index in [0.29, 0.717) is 10.7 Å². The highest BCUT2D eigenvalue weighted by Crippen LogP contribution is 2.32. The Hall–Kier alpha value is -2.57. The summed E-state index contributed by atoms with van der Waals surface area (Å²) in [5.74, 6) is -0.314. The Kier molecular flexibility index (Phi) is 4.92. The lowest BCUT2D eigenvalue weighted by Gasteiger charge is -2.11. The van der Waals surface area contributed by atoms with Gasteiger partial charge in [-0.1, -0.05) is 41.4 Å². The summed E-state index contributed by atoms with van der Waals surface area (Å²) in [5, 5.41) is 8.54. The van der Waals surface area contributed by atoms with Gasteiger partial charge >= 0.3 is 0 Å². The lowest BCUT2D eigenvalue weighted by molar-refractivity contribution is -0.116. The molecule has 2 aromatic rings. The molecule has 0 aromatic heterocycles. The van der Waals surface area contributed by atoms with Crippen LogP contribution in [0.2, 0.25) is 10.0 Å². The van der Waals surface area contributed by atoms with Crippen molar-refractivity contribution < 1.29 is 14.3 Å². The summed E-state index contributed by atoms with van der Waals surface area (Å²) in [7, 11) is 1.40. The number of amidine groups is 1. The third-order valence-corrected chi connectivity index (χ3v) is 3.99. The highest BCUT2D eigenvalue weighted by Gasteiger charge is 2.27. The van der Waals surface area contributed by atoms with Crippen molar-refractivity contribution in [3.05, 3.63) is 58.1 Å². The van der Waals surface area contributed by atoms with Gasteiger partial charge in [0.1, 0.15) is 11.6 Å². The topological polar surface area (TPSA) is 71.0 Å². The number of hydrogen-bond acceptors (Lipinski definition) is 4. The molecule has 0 fully saturated rings. The van der Waals surface area contributed by atoms with E-state index in [1.54, 1.807) is 24.3 Å². The Bertz CT molecular complexity index is 869. The fourth-order valence-corrected chi connectivity index (χ4v) is 2.98. The third-order valence-electron chi connectivity index (χ3n) is 3.49. The zero-order valence-corrected chi connectivity index (χ0v) is 14.6. The van der Waals surface area contributed by atoms with Crippen LogP contribution in [0.25, 0.3) is 0 Å². The molecule has 6 nitrogen and oxygen atoms in total. The fourth-order valence-electron chi connectivity index (χ4n) is 2.40. The molecule has 3 rings (SSSR count). The van der Waals surface area contributed by atoms with E-state index in [2.05, 4.69) is 10.4 Å². The Labute approximate surface area is 154 Å². The summed E-state index contributed by atoms with van der Waals surface area (Å²) in [6.45, 7) is 0. The van der Waals surface area contributed by atoms with Crippen molar-refractivity contribution in [2.75, 3.05) is 12.1 Å². The number of para-hydroxylation sites is 1. The Balaban J connectivity index is 1.84. The number of benzene rings is 2. The van der Waals surface area contributed by atoms with Gasteiger partial charge in [0.2, 0.25) is 0 Å². The number of ether oxygens (including phenoxy) is 1. The Morgan fingerprint density at radius 2 is 1.96 bits per heavy atom. The fraction of sp³-hybridized carbons (Fsp3) is 0.118. The van der Waals surface area contributed by atoms with E-state index in [1.807, 2.05) is 6.07 Å². The molecule has 8 heteroatoms. The highest BCUT2D eigenvalue weighted by atomic mass is 35.5. The molecule has 0 aliphatic carbocycles. The summed E-state index contributed by atoms with van der Waals surface area (Å²) >= 11 is 12.0. The molecule has 0 saturated carbocycles. The maximum atomic E-state index is 12.5. The number of hydrogen-bond donors (Lipinski definition) is 1. The average molecular weight is 378 g/mol. The molecular formula is C17H13Cl2N3O3. The number of anilines is 1. The number of carbonyl (C=O) groups excluding carboxylic acids is 2. The first-order chi connectivity index (χ1) is 12.0. The van der Waals surface area contributed by atoms with Crippen LogP contribution in [0, 0.1) is 0 Å². The van der Waals surface area contributed by atoms with E-state index in [9.17, 15) is 9.59 Å². The zero-order valence-electron chi connectivity index (χ0n) is 13.1. The minimum Gasteiger partial charge on any atom is -0.494 e. The predicted molar refractivity (Wildman–Crippen MR) is 96.5 cm³/mol. The van der Waals surface area contributed by atoms with Gasteiger partial charge in [-0.2, -0.15) is 10.1 Å². The number of hydrazone groups is 1. The number of halogens is 2. The van der Waals surface area contributed by atoms with E-state index in [0.717, 1.165) is 0 Å².